The molecule has 1 saturated carbocycles. The first-order chi connectivity index (χ1) is 38.8. The Morgan fingerprint density at radius 2 is 1.59 bits per heavy atom. The summed E-state index contributed by atoms with van der Waals surface area (Å²) in [4.78, 5) is 36.8. The number of allylic oxidation sites excluding steroid dienone is 1. The molecule has 5 aliphatic rings. The van der Waals surface area contributed by atoms with Crippen LogP contribution in [0.15, 0.2) is 96.2 Å². The number of fused-ring (bicyclic) bond motifs is 3. The molecular weight excluding hydrogens is 1010 g/mol. The number of hydrogen-bond donors (Lipinski definition) is 3. The van der Waals surface area contributed by atoms with Crippen LogP contribution in [0.3, 0.4) is 0 Å². The number of ether oxygens (including phenoxy) is 8. The van der Waals surface area contributed by atoms with Gasteiger partial charge >= 0.3 is 12.2 Å². The molecule has 1 saturated heterocycles. The van der Waals surface area contributed by atoms with Crippen molar-refractivity contribution < 1.29 is 62.5 Å². The number of amides is 2. The van der Waals surface area contributed by atoms with Crippen molar-refractivity contribution in [3.8, 4) is 23.0 Å². The highest BCUT2D eigenvalue weighted by Gasteiger charge is 2.66. The molecule has 2 amide bonds. The Labute approximate surface area is 468 Å². The second kappa shape index (κ2) is 31.4. The van der Waals surface area contributed by atoms with Crippen LogP contribution in [-0.4, -0.2) is 104 Å². The van der Waals surface area contributed by atoms with E-state index < -0.39 is 36.2 Å². The van der Waals surface area contributed by atoms with E-state index in [0.29, 0.717) is 67.7 Å². The minimum atomic E-state index is -1.59. The third-order valence-corrected chi connectivity index (χ3v) is 16.0. The lowest BCUT2D eigenvalue weighted by Crippen LogP contribution is -2.70. The Morgan fingerprint density at radius 1 is 0.835 bits per heavy atom. The van der Waals surface area contributed by atoms with Crippen molar-refractivity contribution in [3.63, 3.8) is 0 Å². The molecule has 432 valence electrons. The fourth-order valence-electron chi connectivity index (χ4n) is 12.1. The van der Waals surface area contributed by atoms with E-state index in [4.69, 9.17) is 47.9 Å². The van der Waals surface area contributed by atoms with Gasteiger partial charge in [-0.05, 0) is 104 Å². The first-order valence-corrected chi connectivity index (χ1v) is 29.6. The molecular formula is C63H87N3O13. The van der Waals surface area contributed by atoms with Gasteiger partial charge in [0.05, 0.1) is 38.1 Å². The van der Waals surface area contributed by atoms with Crippen LogP contribution in [0.25, 0.3) is 0 Å². The number of aliphatic hydroxyl groups excluding tert-OH is 2. The Morgan fingerprint density at radius 3 is 2.35 bits per heavy atom. The minimum Gasteiger partial charge on any atom is -0.459 e. The van der Waals surface area contributed by atoms with Crippen molar-refractivity contribution >= 4 is 17.9 Å². The Hall–Kier alpha value is -5.65. The highest BCUT2D eigenvalue weighted by atomic mass is 16.8. The van der Waals surface area contributed by atoms with Crippen molar-refractivity contribution in [1.82, 2.24) is 10.2 Å². The van der Waals surface area contributed by atoms with Gasteiger partial charge in [-0.1, -0.05) is 131 Å². The van der Waals surface area contributed by atoms with Gasteiger partial charge in [-0.3, -0.25) is 4.90 Å². The molecule has 0 aromatic heterocycles. The highest BCUT2D eigenvalue weighted by molar-refractivity contribution is 6.03. The molecule has 3 aromatic carbocycles. The van der Waals surface area contributed by atoms with Crippen LogP contribution in [0, 0.1) is 17.8 Å². The largest absolute Gasteiger partial charge is 0.459 e. The Kier molecular flexibility index (Phi) is 23.6. The van der Waals surface area contributed by atoms with E-state index in [1.165, 1.54) is 44.9 Å². The molecule has 2 aliphatic carbocycles. The van der Waals surface area contributed by atoms with Crippen LogP contribution in [0.1, 0.15) is 158 Å². The summed E-state index contributed by atoms with van der Waals surface area (Å²) in [7, 11) is 0. The van der Waals surface area contributed by atoms with E-state index in [0.717, 1.165) is 80.1 Å². The summed E-state index contributed by atoms with van der Waals surface area (Å²) in [5.74, 6) is -0.590. The van der Waals surface area contributed by atoms with Crippen LogP contribution in [0.4, 0.5) is 9.59 Å². The molecule has 3 aliphatic heterocycles. The normalized spacial score (nSPS) is 23.2. The summed E-state index contributed by atoms with van der Waals surface area (Å²) in [6.45, 7) is 8.21. The molecule has 0 bridgehead atoms. The zero-order valence-electron chi connectivity index (χ0n) is 46.7. The molecule has 8 rings (SSSR count). The molecule has 3 heterocycles. The Bertz CT molecular complexity index is 2430. The average molecular weight is 1090 g/mol. The summed E-state index contributed by atoms with van der Waals surface area (Å²) in [6.07, 6.45) is 21.2. The molecule has 79 heavy (non-hydrogen) atoms. The SMILES string of the molecule is C=CCOC12Oc3ccc(OC(=O)NCCCCCCCCCCCC)cc3C3C(CCCCO)C(CCCCO)C=C(C(=NOC4CCCCO4)CC1N(Cc1ccc4c(c1)OCO4)C(=O)OCCOCc1ccccc1)C32. The van der Waals surface area contributed by atoms with Gasteiger partial charge in [0.15, 0.2) is 11.5 Å². The zero-order valence-corrected chi connectivity index (χ0v) is 46.7. The number of nitrogens with zero attached hydrogens (tertiary/aromatic N) is 2. The predicted octanol–water partition coefficient (Wildman–Crippen LogP) is 12.4. The van der Waals surface area contributed by atoms with Crippen LogP contribution < -0.4 is 24.3 Å². The number of oxime groups is 1. The molecule has 16 heteroatoms. The Balaban J connectivity index is 1.17. The van der Waals surface area contributed by atoms with Crippen LogP contribution in [-0.2, 0) is 36.9 Å². The number of aliphatic hydroxyl groups is 2. The van der Waals surface area contributed by atoms with E-state index in [1.54, 1.807) is 17.0 Å². The summed E-state index contributed by atoms with van der Waals surface area (Å²) < 4.78 is 50.6. The molecule has 16 nitrogen and oxygen atoms in total. The van der Waals surface area contributed by atoms with Gasteiger partial charge < -0.3 is 58.3 Å². The maximum absolute atomic E-state index is 15.2. The number of carbonyl (C=O) groups excluding carboxylic acids is 2. The van der Waals surface area contributed by atoms with Crippen LogP contribution in [0.5, 0.6) is 23.0 Å². The third kappa shape index (κ3) is 16.3. The van der Waals surface area contributed by atoms with Crippen molar-refractivity contribution in [1.29, 1.82) is 0 Å². The summed E-state index contributed by atoms with van der Waals surface area (Å²) in [5, 5.41) is 28.2. The van der Waals surface area contributed by atoms with E-state index >= 15 is 4.79 Å². The van der Waals surface area contributed by atoms with Gasteiger partial charge in [0, 0.05) is 50.6 Å². The molecule has 3 N–H and O–H groups in total. The fraction of sp³-hybridized carbons (Fsp3) is 0.603. The van der Waals surface area contributed by atoms with Crippen LogP contribution in [0.2, 0.25) is 0 Å². The molecule has 0 radical (unpaired) electrons. The molecule has 7 atom stereocenters. The van der Waals surface area contributed by atoms with Crippen molar-refractivity contribution in [2.24, 2.45) is 22.9 Å². The summed E-state index contributed by atoms with van der Waals surface area (Å²) in [5.41, 5.74) is 4.06. The quantitative estimate of drug-likeness (QED) is 0.0298. The maximum atomic E-state index is 15.2. The maximum Gasteiger partial charge on any atom is 0.412 e. The standard InChI is InChI=1S/C63H87N3O13/c1-3-5-6-7-8-9-10-11-12-19-32-64-61(69)77-49-29-31-54-52(41-49)59-50(26-17-21-34-68)48(25-16-20-33-67)40-51-53(65-79-58-27-18-22-36-72-58)42-57(63(78-54,60(51)59)76-35-4-2)66(43-47-28-30-55-56(39-47)75-45-74-55)62(70)73-38-37-71-44-46-23-14-13-15-24-46/h4,13-15,23-24,28-31,39-41,48,50,57-60,67-68H,2-3,5-12,16-22,25-27,32-38,42-45H2,1H3,(H,64,69). The molecule has 2 fully saturated rings. The van der Waals surface area contributed by atoms with Crippen molar-refractivity contribution in [2.75, 3.05) is 53.0 Å². The zero-order chi connectivity index (χ0) is 55.1. The second-order valence-electron chi connectivity index (χ2n) is 21.6. The average Bonchev–Trinajstić information content (AvgIpc) is 3.63. The number of nitrogens with one attached hydrogen (secondary N) is 1. The number of rotatable bonds is 33. The van der Waals surface area contributed by atoms with Gasteiger partial charge in [-0.15, -0.1) is 6.58 Å². The molecule has 0 spiro atoms. The first kappa shape index (κ1) is 59.5. The van der Waals surface area contributed by atoms with Gasteiger partial charge in [-0.2, -0.15) is 0 Å². The molecule has 3 aromatic rings. The predicted molar refractivity (Wildman–Crippen MR) is 301 cm³/mol. The first-order valence-electron chi connectivity index (χ1n) is 29.6. The molecule has 7 unspecified atom stereocenters. The van der Waals surface area contributed by atoms with E-state index in [9.17, 15) is 15.0 Å². The van der Waals surface area contributed by atoms with Crippen molar-refractivity contribution in [3.05, 3.63) is 108 Å². The number of benzene rings is 3. The summed E-state index contributed by atoms with van der Waals surface area (Å²) in [6, 6.07) is 20.1. The van der Waals surface area contributed by atoms with E-state index in [-0.39, 0.29) is 70.5 Å². The monoisotopic (exact) mass is 1090 g/mol. The second-order valence-corrected chi connectivity index (χ2v) is 21.6. The van der Waals surface area contributed by atoms with Gasteiger partial charge in [0.1, 0.15) is 24.1 Å². The lowest BCUT2D eigenvalue weighted by molar-refractivity contribution is -0.256. The number of unbranched alkanes of at least 4 members (excludes halogenated alkanes) is 11. The van der Waals surface area contributed by atoms with Gasteiger partial charge in [0.25, 0.3) is 0 Å². The van der Waals surface area contributed by atoms with Crippen LogP contribution >= 0.6 is 0 Å². The smallest absolute Gasteiger partial charge is 0.412 e. The topological polar surface area (TPSA) is 185 Å². The van der Waals surface area contributed by atoms with Crippen molar-refractivity contribution in [2.45, 2.75) is 173 Å². The highest BCUT2D eigenvalue weighted by Crippen LogP contribution is 2.62. The third-order valence-electron chi connectivity index (χ3n) is 16.0. The summed E-state index contributed by atoms with van der Waals surface area (Å²) >= 11 is 0. The van der Waals surface area contributed by atoms with Gasteiger partial charge in [-0.25, -0.2) is 9.59 Å². The minimum absolute atomic E-state index is 0.0169. The number of hydrogen-bond acceptors (Lipinski definition) is 14. The lowest BCUT2D eigenvalue weighted by Gasteiger charge is -2.59. The van der Waals surface area contributed by atoms with E-state index in [2.05, 4.69) is 24.9 Å². The lowest BCUT2D eigenvalue weighted by atomic mass is 9.55. The van der Waals surface area contributed by atoms with Gasteiger partial charge in [0.2, 0.25) is 18.9 Å². The number of carbonyl (C=O) groups is 2. The fourth-order valence-corrected chi connectivity index (χ4v) is 12.1. The van der Waals surface area contributed by atoms with E-state index in [1.807, 2.05) is 60.7 Å².